The molecular weight excluding hydrogens is 438 g/mol. The standard InChI is InChI=1S/C22H28ClN3O4S/c1-16-18(23)8-7-9-19(16)25-22(27)15-24-20-14-17(10-11-21(20)30-2)31(28,29)26-12-5-3-4-6-13-26/h7-11,14,24H,3-6,12-13,15H2,1-2H3,(H,25,27). The Hall–Kier alpha value is -2.29. The van der Waals surface area contributed by atoms with Gasteiger partial charge >= 0.3 is 0 Å². The number of amides is 1. The Morgan fingerprint density at radius 2 is 1.81 bits per heavy atom. The smallest absolute Gasteiger partial charge is 0.243 e. The average molecular weight is 466 g/mol. The summed E-state index contributed by atoms with van der Waals surface area (Å²) in [6.45, 7) is 2.82. The third-order valence-electron chi connectivity index (χ3n) is 5.35. The maximum absolute atomic E-state index is 13.1. The number of methoxy groups -OCH3 is 1. The number of anilines is 2. The Bertz CT molecular complexity index is 1040. The fourth-order valence-corrected chi connectivity index (χ4v) is 5.25. The summed E-state index contributed by atoms with van der Waals surface area (Å²) in [5.74, 6) is 0.176. The molecule has 2 aromatic carbocycles. The number of ether oxygens (including phenoxy) is 1. The predicted molar refractivity (Wildman–Crippen MR) is 124 cm³/mol. The maximum Gasteiger partial charge on any atom is 0.243 e. The van der Waals surface area contributed by atoms with E-state index in [1.807, 2.05) is 6.92 Å². The van der Waals surface area contributed by atoms with Crippen molar-refractivity contribution in [3.63, 3.8) is 0 Å². The minimum atomic E-state index is -3.61. The Kier molecular flexibility index (Phi) is 7.80. The van der Waals surface area contributed by atoms with Crippen LogP contribution in [-0.2, 0) is 14.8 Å². The van der Waals surface area contributed by atoms with Gasteiger partial charge in [-0.25, -0.2) is 8.42 Å². The number of carbonyl (C=O) groups is 1. The highest BCUT2D eigenvalue weighted by atomic mass is 35.5. The van der Waals surface area contributed by atoms with Gasteiger partial charge in [0.15, 0.2) is 0 Å². The average Bonchev–Trinajstić information content (AvgIpc) is 3.05. The second-order valence-electron chi connectivity index (χ2n) is 7.49. The zero-order valence-corrected chi connectivity index (χ0v) is 19.4. The van der Waals surface area contributed by atoms with E-state index in [-0.39, 0.29) is 17.3 Å². The van der Waals surface area contributed by atoms with E-state index >= 15 is 0 Å². The number of rotatable bonds is 7. The molecule has 0 saturated carbocycles. The monoisotopic (exact) mass is 465 g/mol. The van der Waals surface area contributed by atoms with Crippen molar-refractivity contribution in [3.8, 4) is 5.75 Å². The summed E-state index contributed by atoms with van der Waals surface area (Å²) in [6.07, 6.45) is 3.82. The summed E-state index contributed by atoms with van der Waals surface area (Å²) in [6, 6.07) is 9.96. The van der Waals surface area contributed by atoms with Gasteiger partial charge in [-0.05, 0) is 55.7 Å². The fraction of sp³-hybridized carbons (Fsp3) is 0.409. The van der Waals surface area contributed by atoms with E-state index in [9.17, 15) is 13.2 Å². The molecule has 7 nitrogen and oxygen atoms in total. The summed E-state index contributed by atoms with van der Waals surface area (Å²) >= 11 is 6.10. The van der Waals surface area contributed by atoms with Crippen molar-refractivity contribution < 1.29 is 17.9 Å². The van der Waals surface area contributed by atoms with Crippen molar-refractivity contribution >= 4 is 38.9 Å². The van der Waals surface area contributed by atoms with Crippen molar-refractivity contribution in [2.24, 2.45) is 0 Å². The van der Waals surface area contributed by atoms with E-state index in [0.29, 0.717) is 35.2 Å². The molecule has 1 fully saturated rings. The number of benzene rings is 2. The van der Waals surface area contributed by atoms with Gasteiger partial charge in [-0.15, -0.1) is 0 Å². The number of nitrogens with one attached hydrogen (secondary N) is 2. The third-order valence-corrected chi connectivity index (χ3v) is 7.66. The van der Waals surface area contributed by atoms with Crippen molar-refractivity contribution in [1.29, 1.82) is 0 Å². The van der Waals surface area contributed by atoms with Crippen LogP contribution in [0.3, 0.4) is 0 Å². The van der Waals surface area contributed by atoms with Crippen LogP contribution in [0.25, 0.3) is 0 Å². The minimum Gasteiger partial charge on any atom is -0.495 e. The van der Waals surface area contributed by atoms with Gasteiger partial charge < -0.3 is 15.4 Å². The van der Waals surface area contributed by atoms with Crippen LogP contribution in [0.1, 0.15) is 31.2 Å². The molecule has 1 saturated heterocycles. The van der Waals surface area contributed by atoms with E-state index in [4.69, 9.17) is 16.3 Å². The van der Waals surface area contributed by atoms with Gasteiger partial charge in [0.05, 0.1) is 24.2 Å². The highest BCUT2D eigenvalue weighted by Gasteiger charge is 2.26. The van der Waals surface area contributed by atoms with Crippen LogP contribution < -0.4 is 15.4 Å². The molecule has 1 heterocycles. The van der Waals surface area contributed by atoms with Crippen LogP contribution in [-0.4, -0.2) is 45.4 Å². The van der Waals surface area contributed by atoms with Gasteiger partial charge in [0.2, 0.25) is 15.9 Å². The van der Waals surface area contributed by atoms with Gasteiger partial charge in [0, 0.05) is 23.8 Å². The lowest BCUT2D eigenvalue weighted by atomic mass is 10.2. The van der Waals surface area contributed by atoms with Crippen molar-refractivity contribution in [1.82, 2.24) is 4.31 Å². The topological polar surface area (TPSA) is 87.7 Å². The molecule has 0 bridgehead atoms. The summed E-state index contributed by atoms with van der Waals surface area (Å²) in [5, 5.41) is 6.37. The Morgan fingerprint density at radius 3 is 2.48 bits per heavy atom. The first kappa shape index (κ1) is 23.4. The van der Waals surface area contributed by atoms with Gasteiger partial charge in [-0.2, -0.15) is 4.31 Å². The van der Waals surface area contributed by atoms with Crippen LogP contribution in [0.4, 0.5) is 11.4 Å². The second-order valence-corrected chi connectivity index (χ2v) is 9.84. The van der Waals surface area contributed by atoms with Crippen LogP contribution in [0.15, 0.2) is 41.3 Å². The lowest BCUT2D eigenvalue weighted by molar-refractivity contribution is -0.114. The molecule has 0 aromatic heterocycles. The van der Waals surface area contributed by atoms with Crippen LogP contribution in [0.5, 0.6) is 5.75 Å². The van der Waals surface area contributed by atoms with Gasteiger partial charge in [0.1, 0.15) is 5.75 Å². The zero-order chi connectivity index (χ0) is 22.4. The molecule has 0 unspecified atom stereocenters. The molecule has 168 valence electrons. The van der Waals surface area contributed by atoms with Crippen molar-refractivity contribution in [3.05, 3.63) is 47.0 Å². The van der Waals surface area contributed by atoms with Crippen molar-refractivity contribution in [2.45, 2.75) is 37.5 Å². The molecular formula is C22H28ClN3O4S. The third kappa shape index (κ3) is 5.70. The summed E-state index contributed by atoms with van der Waals surface area (Å²) in [5.41, 5.74) is 1.85. The second kappa shape index (κ2) is 10.3. The van der Waals surface area contributed by atoms with Crippen LogP contribution >= 0.6 is 11.6 Å². The Morgan fingerprint density at radius 1 is 1.10 bits per heavy atom. The number of halogens is 1. The SMILES string of the molecule is COc1ccc(S(=O)(=O)N2CCCCCC2)cc1NCC(=O)Nc1cccc(Cl)c1C. The zero-order valence-electron chi connectivity index (χ0n) is 17.8. The quantitative estimate of drug-likeness (QED) is 0.637. The molecule has 31 heavy (non-hydrogen) atoms. The van der Waals surface area contributed by atoms with Crippen LogP contribution in [0.2, 0.25) is 5.02 Å². The molecule has 0 atom stereocenters. The molecule has 1 amide bonds. The fourth-order valence-electron chi connectivity index (χ4n) is 3.53. The molecule has 2 N–H and O–H groups in total. The summed E-state index contributed by atoms with van der Waals surface area (Å²) in [7, 11) is -2.11. The Labute approximate surface area is 188 Å². The van der Waals surface area contributed by atoms with Gasteiger partial charge in [-0.1, -0.05) is 30.5 Å². The lowest BCUT2D eigenvalue weighted by Gasteiger charge is -2.21. The summed E-state index contributed by atoms with van der Waals surface area (Å²) < 4.78 is 33.1. The van der Waals surface area contributed by atoms with E-state index in [1.165, 1.54) is 13.2 Å². The number of hydrogen-bond donors (Lipinski definition) is 2. The molecule has 9 heteroatoms. The van der Waals surface area contributed by atoms with Crippen molar-refractivity contribution in [2.75, 3.05) is 37.4 Å². The van der Waals surface area contributed by atoms with E-state index < -0.39 is 10.0 Å². The number of hydrogen-bond acceptors (Lipinski definition) is 5. The lowest BCUT2D eigenvalue weighted by Crippen LogP contribution is -2.32. The van der Waals surface area contributed by atoms with Gasteiger partial charge in [-0.3, -0.25) is 4.79 Å². The molecule has 2 aromatic rings. The highest BCUT2D eigenvalue weighted by Crippen LogP contribution is 2.30. The van der Waals surface area contributed by atoms with E-state index in [2.05, 4.69) is 10.6 Å². The summed E-state index contributed by atoms with van der Waals surface area (Å²) in [4.78, 5) is 12.6. The highest BCUT2D eigenvalue weighted by molar-refractivity contribution is 7.89. The predicted octanol–water partition coefficient (Wildman–Crippen LogP) is 4.27. The molecule has 1 aliphatic heterocycles. The molecule has 1 aliphatic rings. The number of carbonyl (C=O) groups excluding carboxylic acids is 1. The minimum absolute atomic E-state index is 0.0600. The molecule has 0 radical (unpaired) electrons. The van der Waals surface area contributed by atoms with Crippen LogP contribution in [0, 0.1) is 6.92 Å². The number of sulfonamides is 1. The first-order chi connectivity index (χ1) is 14.8. The van der Waals surface area contributed by atoms with E-state index in [1.54, 1.807) is 34.6 Å². The molecule has 0 spiro atoms. The Balaban J connectivity index is 1.74. The molecule has 3 rings (SSSR count). The molecule has 0 aliphatic carbocycles. The van der Waals surface area contributed by atoms with Gasteiger partial charge in [0.25, 0.3) is 0 Å². The van der Waals surface area contributed by atoms with E-state index in [0.717, 1.165) is 31.2 Å². The first-order valence-electron chi connectivity index (χ1n) is 10.3. The largest absolute Gasteiger partial charge is 0.495 e. The maximum atomic E-state index is 13.1. The number of nitrogens with zero attached hydrogens (tertiary/aromatic N) is 1. The normalized spacial score (nSPS) is 15.2. The first-order valence-corrected chi connectivity index (χ1v) is 12.1.